The first-order valence-electron chi connectivity index (χ1n) is 6.05. The summed E-state index contributed by atoms with van der Waals surface area (Å²) >= 11 is 2.00. The van der Waals surface area contributed by atoms with E-state index in [2.05, 4.69) is 46.8 Å². The van der Waals surface area contributed by atoms with E-state index in [1.54, 1.807) is 0 Å². The van der Waals surface area contributed by atoms with Gasteiger partial charge < -0.3 is 0 Å². The second-order valence-electron chi connectivity index (χ2n) is 6.00. The third-order valence-electron chi connectivity index (χ3n) is 3.12. The van der Waals surface area contributed by atoms with Gasteiger partial charge >= 0.3 is 0 Å². The van der Waals surface area contributed by atoms with Gasteiger partial charge in [-0.25, -0.2) is 0 Å². The van der Waals surface area contributed by atoms with Crippen LogP contribution in [-0.2, 0) is 11.8 Å². The van der Waals surface area contributed by atoms with Crippen molar-refractivity contribution in [1.29, 1.82) is 0 Å². The minimum Gasteiger partial charge on any atom is -0.256 e. The fourth-order valence-electron chi connectivity index (χ4n) is 1.93. The maximum Gasteiger partial charge on any atom is 0.0554 e. The van der Waals surface area contributed by atoms with Crippen molar-refractivity contribution in [3.63, 3.8) is 0 Å². The van der Waals surface area contributed by atoms with Crippen molar-refractivity contribution in [2.24, 2.45) is 5.92 Å². The molecule has 0 N–H and O–H groups in total. The van der Waals surface area contributed by atoms with E-state index in [1.165, 1.54) is 16.3 Å². The lowest BCUT2D eigenvalue weighted by molar-refractivity contribution is 0.559. The van der Waals surface area contributed by atoms with Gasteiger partial charge in [-0.05, 0) is 18.1 Å². The second kappa shape index (κ2) is 4.06. The van der Waals surface area contributed by atoms with Gasteiger partial charge in [0.1, 0.15) is 0 Å². The molecule has 0 aliphatic carbocycles. The van der Waals surface area contributed by atoms with Crippen molar-refractivity contribution >= 4 is 11.8 Å². The van der Waals surface area contributed by atoms with Gasteiger partial charge in [0, 0.05) is 27.7 Å². The third-order valence-corrected chi connectivity index (χ3v) is 4.76. The molecule has 0 amide bonds. The van der Waals surface area contributed by atoms with E-state index in [4.69, 9.17) is 4.98 Å². The predicted molar refractivity (Wildman–Crippen MR) is 71.1 cm³/mol. The molecule has 2 heteroatoms. The van der Waals surface area contributed by atoms with Crippen LogP contribution in [0.15, 0.2) is 17.0 Å². The Bertz CT molecular complexity index is 390. The molecular weight excluding hydrogens is 214 g/mol. The SMILES string of the molecule is CC(C)C1Cc2nc(C(C)(C)C)ccc2S1. The quantitative estimate of drug-likeness (QED) is 0.728. The maximum atomic E-state index is 4.84. The van der Waals surface area contributed by atoms with Gasteiger partial charge in [0.25, 0.3) is 0 Å². The summed E-state index contributed by atoms with van der Waals surface area (Å²) in [7, 11) is 0. The molecule has 1 aromatic heterocycles. The molecule has 1 nitrogen and oxygen atoms in total. The first-order valence-corrected chi connectivity index (χ1v) is 6.93. The molecule has 1 unspecified atom stereocenters. The number of hydrogen-bond donors (Lipinski definition) is 0. The summed E-state index contributed by atoms with van der Waals surface area (Å²) in [5, 5.41) is 0.720. The minimum atomic E-state index is 0.162. The number of fused-ring (bicyclic) bond motifs is 1. The van der Waals surface area contributed by atoms with Gasteiger partial charge in [-0.3, -0.25) is 4.98 Å². The summed E-state index contributed by atoms with van der Waals surface area (Å²) in [6, 6.07) is 4.45. The average molecular weight is 235 g/mol. The predicted octanol–water partition coefficient (Wildman–Crippen LogP) is 4.05. The van der Waals surface area contributed by atoms with E-state index in [1.807, 2.05) is 11.8 Å². The van der Waals surface area contributed by atoms with Crippen LogP contribution in [0.4, 0.5) is 0 Å². The first kappa shape index (κ1) is 12.0. The van der Waals surface area contributed by atoms with Crippen LogP contribution in [0.3, 0.4) is 0 Å². The highest BCUT2D eigenvalue weighted by Crippen LogP contribution is 2.40. The highest BCUT2D eigenvalue weighted by atomic mass is 32.2. The number of nitrogens with zero attached hydrogens (tertiary/aromatic N) is 1. The van der Waals surface area contributed by atoms with Crippen LogP contribution >= 0.6 is 11.8 Å². The lowest BCUT2D eigenvalue weighted by Crippen LogP contribution is -2.15. The Kier molecular flexibility index (Phi) is 3.04. The van der Waals surface area contributed by atoms with Gasteiger partial charge in [-0.2, -0.15) is 0 Å². The molecular formula is C14H21NS. The number of thioether (sulfide) groups is 1. The van der Waals surface area contributed by atoms with Gasteiger partial charge in [0.2, 0.25) is 0 Å². The molecule has 1 aliphatic heterocycles. The van der Waals surface area contributed by atoms with Gasteiger partial charge in [0.15, 0.2) is 0 Å². The fraction of sp³-hybridized carbons (Fsp3) is 0.643. The molecule has 0 fully saturated rings. The van der Waals surface area contributed by atoms with Crippen molar-refractivity contribution < 1.29 is 0 Å². The van der Waals surface area contributed by atoms with Crippen molar-refractivity contribution in [2.45, 2.75) is 56.6 Å². The van der Waals surface area contributed by atoms with Crippen molar-refractivity contribution in [2.75, 3.05) is 0 Å². The van der Waals surface area contributed by atoms with Crippen molar-refractivity contribution in [3.8, 4) is 0 Å². The standard InChI is InChI=1S/C14H21NS/c1-9(2)12-8-10-11(16-12)6-7-13(15-10)14(3,4)5/h6-7,9,12H,8H2,1-5H3. The van der Waals surface area contributed by atoms with Crippen LogP contribution in [-0.4, -0.2) is 10.2 Å². The van der Waals surface area contributed by atoms with Crippen LogP contribution in [0.25, 0.3) is 0 Å². The van der Waals surface area contributed by atoms with E-state index in [-0.39, 0.29) is 5.41 Å². The third kappa shape index (κ3) is 2.27. The smallest absolute Gasteiger partial charge is 0.0554 e. The lowest BCUT2D eigenvalue weighted by atomic mass is 9.91. The molecule has 0 aromatic carbocycles. The molecule has 1 atom stereocenters. The number of aromatic nitrogens is 1. The fourth-order valence-corrected chi connectivity index (χ4v) is 3.18. The maximum absolute atomic E-state index is 4.84. The molecule has 2 heterocycles. The number of pyridine rings is 1. The van der Waals surface area contributed by atoms with E-state index in [0.717, 1.165) is 17.6 Å². The number of hydrogen-bond acceptors (Lipinski definition) is 2. The van der Waals surface area contributed by atoms with E-state index in [0.29, 0.717) is 0 Å². The van der Waals surface area contributed by atoms with Crippen LogP contribution in [0.1, 0.15) is 46.0 Å². The molecule has 1 aromatic rings. The van der Waals surface area contributed by atoms with E-state index < -0.39 is 0 Å². The Hall–Kier alpha value is -0.500. The molecule has 1 aliphatic rings. The van der Waals surface area contributed by atoms with Crippen LogP contribution in [0.5, 0.6) is 0 Å². The van der Waals surface area contributed by atoms with E-state index >= 15 is 0 Å². The number of rotatable bonds is 1. The highest BCUT2D eigenvalue weighted by molar-refractivity contribution is 8.00. The Morgan fingerprint density at radius 3 is 2.56 bits per heavy atom. The Morgan fingerprint density at radius 1 is 1.31 bits per heavy atom. The van der Waals surface area contributed by atoms with Crippen LogP contribution < -0.4 is 0 Å². The molecule has 16 heavy (non-hydrogen) atoms. The summed E-state index contributed by atoms with van der Waals surface area (Å²) in [6.45, 7) is 11.3. The largest absolute Gasteiger partial charge is 0.256 e. The summed E-state index contributed by atoms with van der Waals surface area (Å²) < 4.78 is 0. The minimum absolute atomic E-state index is 0.162. The first-order chi connectivity index (χ1) is 7.38. The van der Waals surface area contributed by atoms with Gasteiger partial charge in [0.05, 0.1) is 5.69 Å². The Labute approximate surface area is 103 Å². The zero-order valence-corrected chi connectivity index (χ0v) is 11.7. The summed E-state index contributed by atoms with van der Waals surface area (Å²) in [4.78, 5) is 6.23. The Morgan fingerprint density at radius 2 is 2.00 bits per heavy atom. The van der Waals surface area contributed by atoms with Gasteiger partial charge in [-0.15, -0.1) is 11.8 Å². The monoisotopic (exact) mass is 235 g/mol. The Balaban J connectivity index is 2.28. The molecule has 0 spiro atoms. The molecule has 2 rings (SSSR count). The van der Waals surface area contributed by atoms with E-state index in [9.17, 15) is 0 Å². The normalized spacial score (nSPS) is 20.2. The summed E-state index contributed by atoms with van der Waals surface area (Å²) in [5.74, 6) is 0.734. The second-order valence-corrected chi connectivity index (χ2v) is 7.28. The molecule has 0 saturated heterocycles. The van der Waals surface area contributed by atoms with Crippen molar-refractivity contribution in [3.05, 3.63) is 23.5 Å². The molecule has 0 bridgehead atoms. The zero-order valence-electron chi connectivity index (χ0n) is 10.9. The van der Waals surface area contributed by atoms with Gasteiger partial charge in [-0.1, -0.05) is 34.6 Å². The zero-order chi connectivity index (χ0) is 11.9. The molecule has 88 valence electrons. The van der Waals surface area contributed by atoms with Crippen molar-refractivity contribution in [1.82, 2.24) is 4.98 Å². The summed E-state index contributed by atoms with van der Waals surface area (Å²) in [5.41, 5.74) is 2.70. The van der Waals surface area contributed by atoms with Crippen LogP contribution in [0, 0.1) is 5.92 Å². The van der Waals surface area contributed by atoms with Crippen LogP contribution in [0.2, 0.25) is 0 Å². The summed E-state index contributed by atoms with van der Waals surface area (Å²) in [6.07, 6.45) is 1.14. The molecule has 0 saturated carbocycles. The lowest BCUT2D eigenvalue weighted by Gasteiger charge is -2.18. The molecule has 0 radical (unpaired) electrons. The average Bonchev–Trinajstić information content (AvgIpc) is 2.58. The topological polar surface area (TPSA) is 12.9 Å². The highest BCUT2D eigenvalue weighted by Gasteiger charge is 2.27.